The van der Waals surface area contributed by atoms with Gasteiger partial charge in [0, 0.05) is 24.8 Å². The van der Waals surface area contributed by atoms with E-state index >= 15 is 0 Å². The van der Waals surface area contributed by atoms with Crippen LogP contribution in [0.4, 0.5) is 5.69 Å². The van der Waals surface area contributed by atoms with Gasteiger partial charge in [-0.15, -0.1) is 0 Å². The summed E-state index contributed by atoms with van der Waals surface area (Å²) in [7, 11) is -2.27. The molecular formula is C17H20N2O5S. The number of para-hydroxylation sites is 1. The lowest BCUT2D eigenvalue weighted by Gasteiger charge is -2.18. The largest absolute Gasteiger partial charge is 0.383 e. The van der Waals surface area contributed by atoms with E-state index in [2.05, 4.69) is 4.72 Å². The van der Waals surface area contributed by atoms with Crippen molar-refractivity contribution in [3.05, 3.63) is 75.8 Å². The molecule has 0 aromatic heterocycles. The van der Waals surface area contributed by atoms with Crippen molar-refractivity contribution in [2.75, 3.05) is 13.7 Å². The minimum atomic E-state index is -3.77. The van der Waals surface area contributed by atoms with Crippen LogP contribution in [0.25, 0.3) is 0 Å². The molecule has 0 radical (unpaired) electrons. The number of nitro benzene ring substituents is 1. The van der Waals surface area contributed by atoms with E-state index < -0.39 is 26.7 Å². The van der Waals surface area contributed by atoms with Crippen LogP contribution < -0.4 is 4.72 Å². The molecule has 0 spiro atoms. The molecule has 0 aliphatic carbocycles. The van der Waals surface area contributed by atoms with Crippen molar-refractivity contribution in [2.24, 2.45) is 0 Å². The molecule has 0 fully saturated rings. The number of benzene rings is 2. The van der Waals surface area contributed by atoms with Gasteiger partial charge in [-0.25, -0.2) is 13.1 Å². The maximum absolute atomic E-state index is 12.5. The smallest absolute Gasteiger partial charge is 0.273 e. The van der Waals surface area contributed by atoms with Gasteiger partial charge in [0.15, 0.2) is 0 Å². The van der Waals surface area contributed by atoms with Gasteiger partial charge in [-0.2, -0.15) is 0 Å². The Kier molecular flexibility index (Phi) is 6.63. The minimum Gasteiger partial charge on any atom is -0.383 e. The van der Waals surface area contributed by atoms with Gasteiger partial charge in [-0.1, -0.05) is 48.5 Å². The Labute approximate surface area is 146 Å². The number of sulfonamides is 1. The van der Waals surface area contributed by atoms with Gasteiger partial charge >= 0.3 is 0 Å². The van der Waals surface area contributed by atoms with Gasteiger partial charge in [0.05, 0.1) is 17.3 Å². The summed E-state index contributed by atoms with van der Waals surface area (Å²) >= 11 is 0. The lowest BCUT2D eigenvalue weighted by atomic mass is 10.1. The molecule has 1 atom stereocenters. The fourth-order valence-electron chi connectivity index (χ4n) is 2.55. The van der Waals surface area contributed by atoms with Crippen LogP contribution in [0.1, 0.15) is 11.1 Å². The van der Waals surface area contributed by atoms with Crippen molar-refractivity contribution in [1.29, 1.82) is 0 Å². The van der Waals surface area contributed by atoms with Gasteiger partial charge in [0.2, 0.25) is 10.0 Å². The Morgan fingerprint density at radius 2 is 1.76 bits per heavy atom. The van der Waals surface area contributed by atoms with E-state index in [0.717, 1.165) is 5.56 Å². The second-order valence-electron chi connectivity index (χ2n) is 5.60. The number of hydrogen-bond acceptors (Lipinski definition) is 5. The molecule has 0 amide bonds. The Morgan fingerprint density at radius 3 is 2.40 bits per heavy atom. The van der Waals surface area contributed by atoms with E-state index in [4.69, 9.17) is 4.74 Å². The normalized spacial score (nSPS) is 12.7. The monoisotopic (exact) mass is 364 g/mol. The molecule has 0 saturated carbocycles. The van der Waals surface area contributed by atoms with Crippen molar-refractivity contribution in [1.82, 2.24) is 4.72 Å². The summed E-state index contributed by atoms with van der Waals surface area (Å²) < 4.78 is 32.6. The highest BCUT2D eigenvalue weighted by Crippen LogP contribution is 2.20. The highest BCUT2D eigenvalue weighted by molar-refractivity contribution is 7.88. The van der Waals surface area contributed by atoms with Crippen molar-refractivity contribution in [2.45, 2.75) is 18.2 Å². The van der Waals surface area contributed by atoms with Crippen LogP contribution in [-0.4, -0.2) is 33.1 Å². The predicted octanol–water partition coefficient (Wildman–Crippen LogP) is 2.27. The Morgan fingerprint density at radius 1 is 1.12 bits per heavy atom. The summed E-state index contributed by atoms with van der Waals surface area (Å²) in [6.45, 7) is 0.199. The van der Waals surface area contributed by atoms with Crippen molar-refractivity contribution < 1.29 is 18.1 Å². The zero-order valence-corrected chi connectivity index (χ0v) is 14.6. The van der Waals surface area contributed by atoms with E-state index in [9.17, 15) is 18.5 Å². The number of hydrogen-bond donors (Lipinski definition) is 1. The van der Waals surface area contributed by atoms with Gasteiger partial charge in [-0.3, -0.25) is 10.1 Å². The maximum Gasteiger partial charge on any atom is 0.273 e. The Hall–Kier alpha value is -2.29. The molecule has 134 valence electrons. The topological polar surface area (TPSA) is 98.5 Å². The molecular weight excluding hydrogens is 344 g/mol. The number of nitrogens with one attached hydrogen (secondary N) is 1. The van der Waals surface area contributed by atoms with E-state index in [1.54, 1.807) is 6.07 Å². The lowest BCUT2D eigenvalue weighted by molar-refractivity contribution is -0.385. The molecule has 0 saturated heterocycles. The molecule has 8 heteroatoms. The fourth-order valence-corrected chi connectivity index (χ4v) is 3.94. The minimum absolute atomic E-state index is 0.149. The van der Waals surface area contributed by atoms with Gasteiger partial charge in [0.25, 0.3) is 5.69 Å². The highest BCUT2D eigenvalue weighted by atomic mass is 32.2. The summed E-state index contributed by atoms with van der Waals surface area (Å²) in [5.74, 6) is -0.459. The Bertz CT molecular complexity index is 809. The van der Waals surface area contributed by atoms with Gasteiger partial charge in [-0.05, 0) is 12.0 Å². The van der Waals surface area contributed by atoms with Gasteiger partial charge in [0.1, 0.15) is 0 Å². The number of ether oxygens (including phenoxy) is 1. The summed E-state index contributed by atoms with van der Waals surface area (Å²) in [5.41, 5.74) is 0.910. The molecule has 0 aliphatic heterocycles. The third-order valence-electron chi connectivity index (χ3n) is 3.57. The zero-order valence-electron chi connectivity index (χ0n) is 13.8. The molecule has 25 heavy (non-hydrogen) atoms. The molecule has 2 aromatic carbocycles. The van der Waals surface area contributed by atoms with Crippen molar-refractivity contribution >= 4 is 15.7 Å². The second-order valence-corrected chi connectivity index (χ2v) is 7.36. The molecule has 0 heterocycles. The van der Waals surface area contributed by atoms with E-state index in [0.29, 0.717) is 6.42 Å². The zero-order chi connectivity index (χ0) is 18.3. The summed E-state index contributed by atoms with van der Waals surface area (Å²) in [5, 5.41) is 11.0. The molecule has 2 aromatic rings. The van der Waals surface area contributed by atoms with Crippen LogP contribution >= 0.6 is 0 Å². The summed E-state index contributed by atoms with van der Waals surface area (Å²) in [4.78, 5) is 10.5. The van der Waals surface area contributed by atoms with Crippen molar-refractivity contribution in [3.8, 4) is 0 Å². The van der Waals surface area contributed by atoms with Gasteiger partial charge < -0.3 is 4.74 Å². The van der Waals surface area contributed by atoms with Crippen LogP contribution in [0.5, 0.6) is 0 Å². The number of nitrogens with zero attached hydrogens (tertiary/aromatic N) is 1. The predicted molar refractivity (Wildman–Crippen MR) is 94.7 cm³/mol. The van der Waals surface area contributed by atoms with Crippen LogP contribution in [0.15, 0.2) is 54.6 Å². The van der Waals surface area contributed by atoms with E-state index in [-0.39, 0.29) is 17.9 Å². The number of methoxy groups -OCH3 is 1. The maximum atomic E-state index is 12.5. The van der Waals surface area contributed by atoms with E-state index in [1.165, 1.54) is 25.3 Å². The first kappa shape index (κ1) is 19.0. The average molecular weight is 364 g/mol. The SMILES string of the molecule is COC[C@H](Cc1ccccc1)NS(=O)(=O)Cc1ccccc1[N+](=O)[O-]. The fraction of sp³-hybridized carbons (Fsp3) is 0.294. The van der Waals surface area contributed by atoms with E-state index in [1.807, 2.05) is 30.3 Å². The van der Waals surface area contributed by atoms with Crippen LogP contribution in [-0.2, 0) is 26.9 Å². The average Bonchev–Trinajstić information content (AvgIpc) is 2.55. The quantitative estimate of drug-likeness (QED) is 0.544. The molecule has 2 rings (SSSR count). The second kappa shape index (κ2) is 8.70. The summed E-state index contributed by atoms with van der Waals surface area (Å²) in [6, 6.07) is 14.8. The van der Waals surface area contributed by atoms with Crippen LogP contribution in [0, 0.1) is 10.1 Å². The van der Waals surface area contributed by atoms with Crippen molar-refractivity contribution in [3.63, 3.8) is 0 Å². The first-order valence-electron chi connectivity index (χ1n) is 7.66. The molecule has 7 nitrogen and oxygen atoms in total. The first-order chi connectivity index (χ1) is 11.9. The first-order valence-corrected chi connectivity index (χ1v) is 9.31. The third kappa shape index (κ3) is 5.93. The molecule has 0 unspecified atom stereocenters. The highest BCUT2D eigenvalue weighted by Gasteiger charge is 2.23. The molecule has 1 N–H and O–H groups in total. The lowest BCUT2D eigenvalue weighted by Crippen LogP contribution is -2.40. The molecule has 0 aliphatic rings. The Balaban J connectivity index is 2.13. The number of nitro groups is 1. The summed E-state index contributed by atoms with van der Waals surface area (Å²) in [6.07, 6.45) is 0.463. The number of rotatable bonds is 9. The van der Waals surface area contributed by atoms with Crippen LogP contribution in [0.3, 0.4) is 0 Å². The standard InChI is InChI=1S/C17H20N2O5S/c1-24-12-16(11-14-7-3-2-4-8-14)18-25(22,23)13-15-9-5-6-10-17(15)19(20)21/h2-10,16,18H,11-13H2,1H3/t16-/m0/s1. The molecule has 0 bridgehead atoms. The van der Waals surface area contributed by atoms with Crippen LogP contribution in [0.2, 0.25) is 0 Å². The third-order valence-corrected chi connectivity index (χ3v) is 4.96.